The highest BCUT2D eigenvalue weighted by Crippen LogP contribution is 2.31. The molecule has 0 aliphatic carbocycles. The van der Waals surface area contributed by atoms with Gasteiger partial charge in [-0.25, -0.2) is 9.37 Å². The van der Waals surface area contributed by atoms with Crippen molar-refractivity contribution >= 4 is 17.2 Å². The van der Waals surface area contributed by atoms with Gasteiger partial charge in [0.2, 0.25) is 5.91 Å². The van der Waals surface area contributed by atoms with E-state index in [0.29, 0.717) is 16.3 Å². The highest BCUT2D eigenvalue weighted by Gasteiger charge is 2.30. The van der Waals surface area contributed by atoms with Crippen molar-refractivity contribution in [3.8, 4) is 10.6 Å². The number of hydrogen-bond acceptors (Lipinski definition) is 3. The highest BCUT2D eigenvalue weighted by atomic mass is 32.1. The van der Waals surface area contributed by atoms with Crippen LogP contribution in [0.15, 0.2) is 53.9 Å². The minimum Gasteiger partial charge on any atom is -0.352 e. The lowest BCUT2D eigenvalue weighted by atomic mass is 10.1. The van der Waals surface area contributed by atoms with E-state index < -0.39 is 11.7 Å². The topological polar surface area (TPSA) is 42.0 Å². The predicted octanol–water partition coefficient (Wildman–Crippen LogP) is 4.83. The Morgan fingerprint density at radius 2 is 1.70 bits per heavy atom. The summed E-state index contributed by atoms with van der Waals surface area (Å²) in [5.74, 6) is -0.591. The van der Waals surface area contributed by atoms with Crippen LogP contribution in [-0.2, 0) is 23.9 Å². The molecule has 1 amide bonds. The maximum absolute atomic E-state index is 12.8. The van der Waals surface area contributed by atoms with Gasteiger partial charge in [-0.2, -0.15) is 13.2 Å². The number of aromatic nitrogens is 1. The maximum Gasteiger partial charge on any atom is 0.416 e. The van der Waals surface area contributed by atoms with Crippen LogP contribution in [0.2, 0.25) is 0 Å². The minimum atomic E-state index is -4.38. The molecule has 3 aromatic rings. The van der Waals surface area contributed by atoms with Crippen molar-refractivity contribution in [2.75, 3.05) is 0 Å². The minimum absolute atomic E-state index is 0.0539. The van der Waals surface area contributed by atoms with E-state index in [9.17, 15) is 22.4 Å². The third-order valence-corrected chi connectivity index (χ3v) is 4.70. The van der Waals surface area contributed by atoms with Gasteiger partial charge in [0.25, 0.3) is 0 Å². The summed E-state index contributed by atoms with van der Waals surface area (Å²) in [6.45, 7) is 0.273. The van der Waals surface area contributed by atoms with Crippen LogP contribution in [0.5, 0.6) is 0 Å². The molecule has 0 spiro atoms. The second-order valence-electron chi connectivity index (χ2n) is 5.80. The van der Waals surface area contributed by atoms with E-state index in [1.165, 1.54) is 35.6 Å². The molecular weight excluding hydrogens is 380 g/mol. The van der Waals surface area contributed by atoms with Gasteiger partial charge in [-0.05, 0) is 29.8 Å². The number of rotatable bonds is 5. The Morgan fingerprint density at radius 1 is 1.04 bits per heavy atom. The molecule has 8 heteroatoms. The summed E-state index contributed by atoms with van der Waals surface area (Å²) in [5, 5.41) is 4.96. The number of benzene rings is 2. The predicted molar refractivity (Wildman–Crippen MR) is 94.5 cm³/mol. The largest absolute Gasteiger partial charge is 0.416 e. The number of halogens is 4. The molecule has 0 saturated carbocycles. The van der Waals surface area contributed by atoms with E-state index in [0.717, 1.165) is 17.7 Å². The second-order valence-corrected chi connectivity index (χ2v) is 6.66. The van der Waals surface area contributed by atoms with Crippen LogP contribution < -0.4 is 5.32 Å². The van der Waals surface area contributed by atoms with Gasteiger partial charge in [0.1, 0.15) is 10.8 Å². The number of hydrogen-bond donors (Lipinski definition) is 1. The van der Waals surface area contributed by atoms with Crippen LogP contribution in [0.25, 0.3) is 10.6 Å². The molecule has 0 bridgehead atoms. The summed E-state index contributed by atoms with van der Waals surface area (Å²) in [7, 11) is 0. The molecule has 27 heavy (non-hydrogen) atoms. The Bertz CT molecular complexity index is 918. The fourth-order valence-electron chi connectivity index (χ4n) is 2.35. The molecule has 1 N–H and O–H groups in total. The van der Waals surface area contributed by atoms with Crippen LogP contribution in [-0.4, -0.2) is 10.9 Å². The first-order valence-electron chi connectivity index (χ1n) is 7.94. The molecule has 2 aromatic carbocycles. The summed E-state index contributed by atoms with van der Waals surface area (Å²) >= 11 is 1.26. The lowest BCUT2D eigenvalue weighted by Gasteiger charge is -2.06. The third kappa shape index (κ3) is 5.13. The van der Waals surface area contributed by atoms with Crippen molar-refractivity contribution in [1.29, 1.82) is 0 Å². The Hall–Kier alpha value is -2.74. The summed E-state index contributed by atoms with van der Waals surface area (Å²) in [6, 6.07) is 10.5. The van der Waals surface area contributed by atoms with Crippen LogP contribution >= 0.6 is 11.3 Å². The second kappa shape index (κ2) is 7.87. The monoisotopic (exact) mass is 394 g/mol. The zero-order chi connectivity index (χ0) is 19.4. The number of alkyl halides is 3. The molecule has 0 saturated heterocycles. The average Bonchev–Trinajstić information content (AvgIpc) is 3.09. The number of amides is 1. The maximum atomic E-state index is 12.8. The first-order chi connectivity index (χ1) is 12.8. The Morgan fingerprint density at radius 3 is 2.33 bits per heavy atom. The molecule has 0 atom stereocenters. The van der Waals surface area contributed by atoms with Crippen LogP contribution in [0.4, 0.5) is 17.6 Å². The van der Waals surface area contributed by atoms with Crippen LogP contribution in [0, 0.1) is 5.82 Å². The Balaban J connectivity index is 1.58. The molecular formula is C19H14F4N2OS. The van der Waals surface area contributed by atoms with E-state index in [1.807, 2.05) is 0 Å². The molecule has 0 aliphatic rings. The average molecular weight is 394 g/mol. The van der Waals surface area contributed by atoms with Gasteiger partial charge in [0.05, 0.1) is 17.7 Å². The van der Waals surface area contributed by atoms with E-state index in [-0.39, 0.29) is 24.7 Å². The van der Waals surface area contributed by atoms with Gasteiger partial charge >= 0.3 is 6.18 Å². The van der Waals surface area contributed by atoms with Gasteiger partial charge in [0, 0.05) is 17.5 Å². The van der Waals surface area contributed by atoms with E-state index >= 15 is 0 Å². The number of carbonyl (C=O) groups is 1. The third-order valence-electron chi connectivity index (χ3n) is 3.76. The molecule has 0 aliphatic heterocycles. The SMILES string of the molecule is O=C(Cc1csc(-c2ccc(C(F)(F)F)cc2)n1)NCc1ccc(F)cc1. The van der Waals surface area contributed by atoms with Crippen molar-refractivity contribution in [1.82, 2.24) is 10.3 Å². The van der Waals surface area contributed by atoms with Gasteiger partial charge in [-0.15, -0.1) is 11.3 Å². The smallest absolute Gasteiger partial charge is 0.352 e. The summed E-state index contributed by atoms with van der Waals surface area (Å²) < 4.78 is 50.7. The molecule has 0 fully saturated rings. The fraction of sp³-hybridized carbons (Fsp3) is 0.158. The first kappa shape index (κ1) is 19.0. The molecule has 0 radical (unpaired) electrons. The molecule has 3 nitrogen and oxygen atoms in total. The fourth-order valence-corrected chi connectivity index (χ4v) is 3.18. The summed E-state index contributed by atoms with van der Waals surface area (Å²) in [5.41, 5.74) is 1.15. The lowest BCUT2D eigenvalue weighted by molar-refractivity contribution is -0.137. The zero-order valence-corrected chi connectivity index (χ0v) is 14.7. The van der Waals surface area contributed by atoms with Crippen LogP contribution in [0.1, 0.15) is 16.8 Å². The Kier molecular flexibility index (Phi) is 5.55. The zero-order valence-electron chi connectivity index (χ0n) is 13.9. The molecule has 0 unspecified atom stereocenters. The van der Waals surface area contributed by atoms with Crippen molar-refractivity contribution in [2.24, 2.45) is 0 Å². The van der Waals surface area contributed by atoms with E-state index in [1.54, 1.807) is 17.5 Å². The normalized spacial score (nSPS) is 11.4. The first-order valence-corrected chi connectivity index (χ1v) is 8.82. The number of nitrogens with zero attached hydrogens (tertiary/aromatic N) is 1. The molecule has 1 heterocycles. The van der Waals surface area contributed by atoms with Gasteiger partial charge in [-0.1, -0.05) is 24.3 Å². The van der Waals surface area contributed by atoms with Crippen molar-refractivity contribution in [3.05, 3.63) is 76.5 Å². The standard InChI is InChI=1S/C19H14F4N2OS/c20-15-7-1-12(2-8-15)10-24-17(26)9-16-11-27-18(25-16)13-3-5-14(6-4-13)19(21,22)23/h1-8,11H,9-10H2,(H,24,26). The van der Waals surface area contributed by atoms with Crippen molar-refractivity contribution in [3.63, 3.8) is 0 Å². The number of nitrogens with one attached hydrogen (secondary N) is 1. The van der Waals surface area contributed by atoms with Gasteiger partial charge in [0.15, 0.2) is 0 Å². The van der Waals surface area contributed by atoms with Crippen LogP contribution in [0.3, 0.4) is 0 Å². The summed E-state index contributed by atoms with van der Waals surface area (Å²) in [4.78, 5) is 16.3. The van der Waals surface area contributed by atoms with Crippen molar-refractivity contribution < 1.29 is 22.4 Å². The molecule has 1 aromatic heterocycles. The van der Waals surface area contributed by atoms with Gasteiger partial charge in [-0.3, -0.25) is 4.79 Å². The number of carbonyl (C=O) groups excluding carboxylic acids is 1. The van der Waals surface area contributed by atoms with E-state index in [2.05, 4.69) is 10.3 Å². The number of thiazole rings is 1. The lowest BCUT2D eigenvalue weighted by Crippen LogP contribution is -2.24. The summed E-state index contributed by atoms with van der Waals surface area (Å²) in [6.07, 6.45) is -4.33. The molecule has 140 valence electrons. The van der Waals surface area contributed by atoms with Crippen molar-refractivity contribution in [2.45, 2.75) is 19.1 Å². The quantitative estimate of drug-likeness (QED) is 0.630. The highest BCUT2D eigenvalue weighted by molar-refractivity contribution is 7.13. The van der Waals surface area contributed by atoms with Gasteiger partial charge < -0.3 is 5.32 Å². The molecule has 3 rings (SSSR count). The Labute approximate surface area is 156 Å². The van der Waals surface area contributed by atoms with E-state index in [4.69, 9.17) is 0 Å².